The molecule has 0 fully saturated rings. The lowest BCUT2D eigenvalue weighted by Gasteiger charge is -2.11. The summed E-state index contributed by atoms with van der Waals surface area (Å²) in [5.74, 6) is -0.168. The number of amides is 1. The van der Waals surface area contributed by atoms with Gasteiger partial charge in [0.1, 0.15) is 0 Å². The Labute approximate surface area is 175 Å². The highest BCUT2D eigenvalue weighted by molar-refractivity contribution is 8.02. The Bertz CT molecular complexity index is 921. The number of rotatable bonds is 7. The van der Waals surface area contributed by atoms with Gasteiger partial charge in [0.2, 0.25) is 11.0 Å². The monoisotopic (exact) mass is 438 g/mol. The van der Waals surface area contributed by atoms with Crippen molar-refractivity contribution in [2.24, 2.45) is 0 Å². The Hall–Kier alpha value is -1.80. The normalized spacial score (nSPS) is 11.8. The SMILES string of the molecule is C[C@H](Sc1nnc(NCc2ccccc2)s1)C(=O)Nc1ccc(Cl)cc1Cl. The average Bonchev–Trinajstić information content (AvgIpc) is 3.10. The third-order valence-corrected chi connectivity index (χ3v) is 6.14. The smallest absolute Gasteiger partial charge is 0.237 e. The Kier molecular flexibility index (Phi) is 6.95. The number of nitrogens with zero attached hydrogens (tertiary/aromatic N) is 2. The number of hydrogen-bond donors (Lipinski definition) is 2. The minimum Gasteiger partial charge on any atom is -0.356 e. The molecule has 5 nitrogen and oxygen atoms in total. The number of aromatic nitrogens is 2. The Morgan fingerprint density at radius 1 is 1.19 bits per heavy atom. The lowest BCUT2D eigenvalue weighted by atomic mass is 10.2. The van der Waals surface area contributed by atoms with Crippen molar-refractivity contribution in [1.82, 2.24) is 10.2 Å². The molecular weight excluding hydrogens is 423 g/mol. The fourth-order valence-electron chi connectivity index (χ4n) is 2.13. The van der Waals surface area contributed by atoms with Crippen LogP contribution in [0.3, 0.4) is 0 Å². The molecule has 1 atom stereocenters. The fourth-order valence-corrected chi connectivity index (χ4v) is 4.48. The number of carbonyl (C=O) groups is 1. The summed E-state index contributed by atoms with van der Waals surface area (Å²) in [6.45, 7) is 2.48. The van der Waals surface area contributed by atoms with Crippen LogP contribution in [-0.4, -0.2) is 21.4 Å². The minimum atomic E-state index is -0.355. The van der Waals surface area contributed by atoms with Crippen LogP contribution in [0.5, 0.6) is 0 Å². The van der Waals surface area contributed by atoms with Gasteiger partial charge in [0.05, 0.1) is 16.0 Å². The molecule has 3 aromatic rings. The van der Waals surface area contributed by atoms with Gasteiger partial charge in [-0.1, -0.05) is 76.6 Å². The van der Waals surface area contributed by atoms with Crippen LogP contribution in [-0.2, 0) is 11.3 Å². The minimum absolute atomic E-state index is 0.168. The van der Waals surface area contributed by atoms with Crippen LogP contribution in [0.15, 0.2) is 52.9 Å². The molecule has 3 rings (SSSR count). The third kappa shape index (κ3) is 5.84. The van der Waals surface area contributed by atoms with E-state index in [1.54, 1.807) is 18.2 Å². The molecule has 0 saturated carbocycles. The summed E-state index contributed by atoms with van der Waals surface area (Å²) in [7, 11) is 0. The average molecular weight is 439 g/mol. The molecule has 0 aliphatic rings. The number of halogens is 2. The van der Waals surface area contributed by atoms with Gasteiger partial charge in [-0.3, -0.25) is 4.79 Å². The lowest BCUT2D eigenvalue weighted by molar-refractivity contribution is -0.115. The van der Waals surface area contributed by atoms with Crippen molar-refractivity contribution in [3.63, 3.8) is 0 Å². The van der Waals surface area contributed by atoms with E-state index in [-0.39, 0.29) is 11.2 Å². The van der Waals surface area contributed by atoms with E-state index in [2.05, 4.69) is 20.8 Å². The molecule has 0 spiro atoms. The van der Waals surface area contributed by atoms with Crippen LogP contribution >= 0.6 is 46.3 Å². The molecule has 0 radical (unpaired) electrons. The standard InChI is InChI=1S/C18H16Cl2N4OS2/c1-11(16(25)22-15-8-7-13(19)9-14(15)20)26-18-24-23-17(27-18)21-10-12-5-3-2-4-6-12/h2-9,11H,10H2,1H3,(H,21,23)(H,22,25)/t11-/m0/s1. The Balaban J connectivity index is 1.53. The van der Waals surface area contributed by atoms with Crippen LogP contribution in [0.1, 0.15) is 12.5 Å². The highest BCUT2D eigenvalue weighted by Gasteiger charge is 2.18. The third-order valence-electron chi connectivity index (χ3n) is 3.53. The summed E-state index contributed by atoms with van der Waals surface area (Å²) in [4.78, 5) is 12.4. The zero-order chi connectivity index (χ0) is 19.2. The van der Waals surface area contributed by atoms with Gasteiger partial charge in [-0.05, 0) is 30.7 Å². The van der Waals surface area contributed by atoms with Crippen molar-refractivity contribution < 1.29 is 4.79 Å². The molecule has 2 N–H and O–H groups in total. The zero-order valence-electron chi connectivity index (χ0n) is 14.3. The molecule has 1 heterocycles. The lowest BCUT2D eigenvalue weighted by Crippen LogP contribution is -2.22. The fraction of sp³-hybridized carbons (Fsp3) is 0.167. The summed E-state index contributed by atoms with van der Waals surface area (Å²) < 4.78 is 0.718. The van der Waals surface area contributed by atoms with Crippen molar-refractivity contribution in [3.8, 4) is 0 Å². The molecule has 0 aliphatic carbocycles. The van der Waals surface area contributed by atoms with E-state index in [9.17, 15) is 4.79 Å². The first-order valence-electron chi connectivity index (χ1n) is 8.05. The Morgan fingerprint density at radius 2 is 1.96 bits per heavy atom. The highest BCUT2D eigenvalue weighted by Crippen LogP contribution is 2.31. The maximum Gasteiger partial charge on any atom is 0.237 e. The molecular formula is C18H16Cl2N4OS2. The van der Waals surface area contributed by atoms with Gasteiger partial charge in [-0.25, -0.2) is 0 Å². The second kappa shape index (κ2) is 9.41. The van der Waals surface area contributed by atoms with Gasteiger partial charge in [-0.15, -0.1) is 10.2 Å². The summed E-state index contributed by atoms with van der Waals surface area (Å²) >= 11 is 14.7. The van der Waals surface area contributed by atoms with E-state index in [0.717, 1.165) is 15.0 Å². The van der Waals surface area contributed by atoms with E-state index in [1.165, 1.54) is 23.1 Å². The van der Waals surface area contributed by atoms with Crippen LogP contribution in [0.4, 0.5) is 10.8 Å². The number of anilines is 2. The molecule has 0 aliphatic heterocycles. The van der Waals surface area contributed by atoms with Crippen LogP contribution in [0, 0.1) is 0 Å². The quantitative estimate of drug-likeness (QED) is 0.471. The predicted molar refractivity (Wildman–Crippen MR) is 114 cm³/mol. The van der Waals surface area contributed by atoms with Crippen molar-refractivity contribution >= 4 is 63.0 Å². The van der Waals surface area contributed by atoms with Gasteiger partial charge in [0, 0.05) is 11.6 Å². The Morgan fingerprint density at radius 3 is 2.70 bits per heavy atom. The number of hydrogen-bond acceptors (Lipinski definition) is 6. The van der Waals surface area contributed by atoms with Gasteiger partial charge in [-0.2, -0.15) is 0 Å². The maximum atomic E-state index is 12.4. The summed E-state index contributed by atoms with van der Waals surface area (Å²) in [5.41, 5.74) is 1.69. The number of benzene rings is 2. The van der Waals surface area contributed by atoms with E-state index in [4.69, 9.17) is 23.2 Å². The molecule has 1 aromatic heterocycles. The van der Waals surface area contributed by atoms with E-state index in [1.807, 2.05) is 37.3 Å². The van der Waals surface area contributed by atoms with Gasteiger partial charge in [0.15, 0.2) is 4.34 Å². The maximum absolute atomic E-state index is 12.4. The second-order valence-corrected chi connectivity index (χ2v) is 8.99. The van der Waals surface area contributed by atoms with Crippen LogP contribution in [0.25, 0.3) is 0 Å². The van der Waals surface area contributed by atoms with Gasteiger partial charge >= 0.3 is 0 Å². The van der Waals surface area contributed by atoms with Crippen molar-refractivity contribution in [2.45, 2.75) is 23.1 Å². The van der Waals surface area contributed by atoms with Crippen molar-refractivity contribution in [3.05, 3.63) is 64.1 Å². The van der Waals surface area contributed by atoms with E-state index in [0.29, 0.717) is 22.3 Å². The van der Waals surface area contributed by atoms with Crippen LogP contribution < -0.4 is 10.6 Å². The summed E-state index contributed by atoms with van der Waals surface area (Å²) in [6.07, 6.45) is 0. The molecule has 0 unspecified atom stereocenters. The largest absolute Gasteiger partial charge is 0.356 e. The zero-order valence-corrected chi connectivity index (χ0v) is 17.4. The first kappa shape index (κ1) is 19.9. The number of thioether (sulfide) groups is 1. The topological polar surface area (TPSA) is 66.9 Å². The number of carbonyl (C=O) groups excluding carboxylic acids is 1. The first-order valence-corrected chi connectivity index (χ1v) is 10.5. The molecule has 1 amide bonds. The van der Waals surface area contributed by atoms with Crippen LogP contribution in [0.2, 0.25) is 10.0 Å². The predicted octanol–water partition coefficient (Wildman–Crippen LogP) is 5.58. The van der Waals surface area contributed by atoms with Gasteiger partial charge in [0.25, 0.3) is 0 Å². The van der Waals surface area contributed by atoms with Gasteiger partial charge < -0.3 is 10.6 Å². The summed E-state index contributed by atoms with van der Waals surface area (Å²) in [6, 6.07) is 15.0. The van der Waals surface area contributed by atoms with Crippen molar-refractivity contribution in [1.29, 1.82) is 0 Å². The number of nitrogens with one attached hydrogen (secondary N) is 2. The van der Waals surface area contributed by atoms with E-state index >= 15 is 0 Å². The van der Waals surface area contributed by atoms with Crippen molar-refractivity contribution in [2.75, 3.05) is 10.6 Å². The highest BCUT2D eigenvalue weighted by atomic mass is 35.5. The molecule has 0 bridgehead atoms. The second-order valence-electron chi connectivity index (χ2n) is 5.59. The molecule has 140 valence electrons. The summed E-state index contributed by atoms with van der Waals surface area (Å²) in [5, 5.41) is 15.6. The first-order chi connectivity index (χ1) is 13.0. The van der Waals surface area contributed by atoms with E-state index < -0.39 is 0 Å². The molecule has 2 aromatic carbocycles. The molecule has 27 heavy (non-hydrogen) atoms. The molecule has 9 heteroatoms. The molecule has 0 saturated heterocycles.